The zero-order chi connectivity index (χ0) is 30.0. The van der Waals surface area contributed by atoms with Gasteiger partial charge in [-0.25, -0.2) is 32.0 Å². The Hall–Kier alpha value is -2.78. The summed E-state index contributed by atoms with van der Waals surface area (Å²) in [5.74, 6) is -7.45. The number of aromatic nitrogens is 2. The summed E-state index contributed by atoms with van der Waals surface area (Å²) in [4.78, 5) is 21.9. The molecule has 2 N–H and O–H groups in total. The van der Waals surface area contributed by atoms with Crippen molar-refractivity contribution in [3.63, 3.8) is 0 Å². The Kier molecular flexibility index (Phi) is 7.17. The average molecular weight is 617 g/mol. The van der Waals surface area contributed by atoms with Crippen LogP contribution in [-0.2, 0) is 32.5 Å². The number of benzene rings is 1. The van der Waals surface area contributed by atoms with Gasteiger partial charge in [-0.05, 0) is 18.0 Å². The molecule has 15 heteroatoms. The van der Waals surface area contributed by atoms with Crippen LogP contribution in [0.2, 0.25) is 25.7 Å². The molecule has 224 valence electrons. The molecule has 1 aliphatic carbocycles. The number of nitrogens with one attached hydrogen (secondary N) is 1. The van der Waals surface area contributed by atoms with E-state index in [0.717, 1.165) is 10.9 Å². The predicted octanol–water partition coefficient (Wildman–Crippen LogP) is 3.69. The molecule has 9 nitrogen and oxygen atoms in total. The van der Waals surface area contributed by atoms with E-state index in [9.17, 15) is 35.9 Å². The van der Waals surface area contributed by atoms with Gasteiger partial charge in [-0.2, -0.15) is 8.78 Å². The van der Waals surface area contributed by atoms with Gasteiger partial charge < -0.3 is 20.1 Å². The number of rotatable bonds is 8. The normalized spacial score (nSPS) is 23.2. The summed E-state index contributed by atoms with van der Waals surface area (Å²) in [5.41, 5.74) is -0.514. The molecule has 2 saturated heterocycles. The first-order valence-electron chi connectivity index (χ1n) is 13.3. The van der Waals surface area contributed by atoms with Crippen LogP contribution in [-0.4, -0.2) is 80.9 Å². The third-order valence-corrected chi connectivity index (χ3v) is 11.3. The molecule has 3 aliphatic rings. The molecule has 41 heavy (non-hydrogen) atoms. The fraction of sp³-hybridized carbons (Fsp3) is 0.577. The number of hydrogen-bond donors (Lipinski definition) is 2. The first-order chi connectivity index (χ1) is 19.0. The maximum atomic E-state index is 14.7. The second-order valence-corrected chi connectivity index (χ2v) is 19.9. The van der Waals surface area contributed by atoms with Crippen LogP contribution in [0.25, 0.3) is 11.3 Å². The smallest absolute Gasteiger partial charge is 0.407 e. The number of carbonyl (C=O) groups is 1. The number of sulfone groups is 1. The van der Waals surface area contributed by atoms with Crippen molar-refractivity contribution in [1.82, 2.24) is 15.3 Å². The molecule has 0 spiro atoms. The fourth-order valence-electron chi connectivity index (χ4n) is 5.43. The van der Waals surface area contributed by atoms with Gasteiger partial charge in [0, 0.05) is 25.6 Å². The lowest BCUT2D eigenvalue weighted by Gasteiger charge is -2.46. The van der Waals surface area contributed by atoms with E-state index in [1.165, 1.54) is 0 Å². The number of nitrogens with zero attached hydrogens (tertiary/aromatic N) is 3. The number of alkyl carbamates (subject to hydrolysis) is 1. The summed E-state index contributed by atoms with van der Waals surface area (Å²) in [7, 11) is -4.85. The Balaban J connectivity index is 1.44. The topological polar surface area (TPSA) is 122 Å². The summed E-state index contributed by atoms with van der Waals surface area (Å²) in [6, 6.07) is 5.43. The molecule has 2 aromatic rings. The van der Waals surface area contributed by atoms with Crippen molar-refractivity contribution >= 4 is 30.0 Å². The number of alkyl halides is 4. The Morgan fingerprint density at radius 2 is 1.80 bits per heavy atom. The monoisotopic (exact) mass is 616 g/mol. The van der Waals surface area contributed by atoms with E-state index in [2.05, 4.69) is 34.9 Å². The Bertz CT molecular complexity index is 1460. The molecular formula is C26H32F4N4O5SSi. The van der Waals surface area contributed by atoms with Crippen molar-refractivity contribution in [2.45, 2.75) is 62.0 Å². The van der Waals surface area contributed by atoms with Crippen molar-refractivity contribution in [2.75, 3.05) is 36.2 Å². The molecule has 1 atom stereocenters. The molecule has 0 bridgehead atoms. The zero-order valence-corrected chi connectivity index (χ0v) is 24.7. The first-order valence-corrected chi connectivity index (χ1v) is 18.8. The summed E-state index contributed by atoms with van der Waals surface area (Å²) >= 11 is 0. The molecule has 2 fully saturated rings. The fourth-order valence-corrected chi connectivity index (χ4v) is 8.04. The zero-order valence-electron chi connectivity index (χ0n) is 22.9. The predicted molar refractivity (Wildman–Crippen MR) is 146 cm³/mol. The van der Waals surface area contributed by atoms with Gasteiger partial charge >= 0.3 is 6.09 Å². The number of ether oxygens (including phenoxy) is 1. The Morgan fingerprint density at radius 3 is 2.37 bits per heavy atom. The summed E-state index contributed by atoms with van der Waals surface area (Å²) in [6.07, 6.45) is -1.25. The van der Waals surface area contributed by atoms with Crippen LogP contribution >= 0.6 is 0 Å². The summed E-state index contributed by atoms with van der Waals surface area (Å²) in [6.45, 7) is 4.92. The molecule has 0 saturated carbocycles. The lowest BCUT2D eigenvalue weighted by Crippen LogP contribution is -2.67. The number of hydrogen-bond acceptors (Lipinski definition) is 8. The number of carbonyl (C=O) groups excluding carboxylic acids is 1. The molecule has 3 heterocycles. The highest BCUT2D eigenvalue weighted by atomic mass is 32.2. The first kappa shape index (κ1) is 29.7. The van der Waals surface area contributed by atoms with Crippen LogP contribution in [0.4, 0.5) is 28.3 Å². The second-order valence-electron chi connectivity index (χ2n) is 12.3. The highest BCUT2D eigenvalue weighted by molar-refractivity contribution is 7.93. The van der Waals surface area contributed by atoms with Crippen LogP contribution in [0.1, 0.15) is 23.2 Å². The number of fused-ring (bicyclic) bond motifs is 1. The van der Waals surface area contributed by atoms with Crippen molar-refractivity contribution in [3.05, 3.63) is 41.1 Å². The third kappa shape index (κ3) is 5.67. The minimum Gasteiger partial charge on any atom is -0.450 e. The molecule has 1 amide bonds. The summed E-state index contributed by atoms with van der Waals surface area (Å²) in [5, 5.41) is 12.2. The number of aliphatic hydroxyl groups is 1. The standard InChI is InChI=1S/C26H32F4N4O5SSi/c1-41(2,3)11-10-39-23(36)33-24(14-40(37,38)15-24)17-6-4-16(5-7-17)20-18-8-9-25(27,28)21(18)32-22(31-20)34-13-26(29,30)19(34)12-35/h4-7,19,35H,8-15H2,1-3H3,(H,33,36). The number of aliphatic hydroxyl groups excluding tert-OH is 1. The molecule has 5 rings (SSSR count). The van der Waals surface area contributed by atoms with E-state index in [0.29, 0.717) is 11.1 Å². The van der Waals surface area contributed by atoms with E-state index in [-0.39, 0.29) is 41.7 Å². The highest BCUT2D eigenvalue weighted by Gasteiger charge is 2.56. The van der Waals surface area contributed by atoms with Gasteiger partial charge in [-0.15, -0.1) is 0 Å². The van der Waals surface area contributed by atoms with Gasteiger partial charge in [-0.1, -0.05) is 43.9 Å². The van der Waals surface area contributed by atoms with E-state index in [1.54, 1.807) is 24.3 Å². The SMILES string of the molecule is C[Si](C)(C)CCOC(=O)NC1(c2ccc(-c3nc(N4CC(F)(F)C4CO)nc4c3CCC4(F)F)cc2)CS(=O)(=O)C1. The molecular weight excluding hydrogens is 584 g/mol. The van der Waals surface area contributed by atoms with Gasteiger partial charge in [0.25, 0.3) is 11.8 Å². The van der Waals surface area contributed by atoms with Gasteiger partial charge in [0.15, 0.2) is 9.84 Å². The molecule has 1 aromatic carbocycles. The van der Waals surface area contributed by atoms with Crippen molar-refractivity contribution in [3.8, 4) is 11.3 Å². The largest absolute Gasteiger partial charge is 0.450 e. The van der Waals surface area contributed by atoms with Gasteiger partial charge in [0.05, 0.1) is 42.5 Å². The Labute approximate surface area is 236 Å². The van der Waals surface area contributed by atoms with Crippen molar-refractivity contribution in [2.24, 2.45) is 0 Å². The quantitative estimate of drug-likeness (QED) is 0.340. The number of halogens is 4. The lowest BCUT2D eigenvalue weighted by molar-refractivity contribution is -0.0861. The minimum atomic E-state index is -3.39. The molecule has 1 aromatic heterocycles. The molecule has 0 radical (unpaired) electrons. The summed E-state index contributed by atoms with van der Waals surface area (Å²) < 4.78 is 87.0. The Morgan fingerprint density at radius 1 is 1.15 bits per heavy atom. The second kappa shape index (κ2) is 9.90. The van der Waals surface area contributed by atoms with Gasteiger partial charge in [0.2, 0.25) is 5.95 Å². The van der Waals surface area contributed by atoms with Crippen molar-refractivity contribution in [1.29, 1.82) is 0 Å². The van der Waals surface area contributed by atoms with Gasteiger partial charge in [0.1, 0.15) is 11.7 Å². The number of amides is 1. The van der Waals surface area contributed by atoms with Crippen LogP contribution in [0.15, 0.2) is 24.3 Å². The maximum Gasteiger partial charge on any atom is 0.407 e. The minimum absolute atomic E-state index is 0.0215. The molecule has 1 unspecified atom stereocenters. The third-order valence-electron chi connectivity index (χ3n) is 7.78. The van der Waals surface area contributed by atoms with Crippen LogP contribution in [0.5, 0.6) is 0 Å². The van der Waals surface area contributed by atoms with E-state index in [1.807, 2.05) is 0 Å². The van der Waals surface area contributed by atoms with E-state index >= 15 is 0 Å². The van der Waals surface area contributed by atoms with Crippen molar-refractivity contribution < 1.29 is 40.6 Å². The van der Waals surface area contributed by atoms with E-state index in [4.69, 9.17) is 4.74 Å². The number of anilines is 1. The average Bonchev–Trinajstić information content (AvgIpc) is 3.14. The van der Waals surface area contributed by atoms with Crippen LogP contribution < -0.4 is 10.2 Å². The van der Waals surface area contributed by atoms with Crippen LogP contribution in [0.3, 0.4) is 0 Å². The molecule has 2 aliphatic heterocycles. The lowest BCUT2D eigenvalue weighted by atomic mass is 9.91. The van der Waals surface area contributed by atoms with Gasteiger partial charge in [-0.3, -0.25) is 0 Å². The maximum absolute atomic E-state index is 14.7. The van der Waals surface area contributed by atoms with Crippen LogP contribution in [0, 0.1) is 0 Å². The van der Waals surface area contributed by atoms with E-state index < -0.39 is 72.7 Å². The highest BCUT2D eigenvalue weighted by Crippen LogP contribution is 2.46.